The van der Waals surface area contributed by atoms with Gasteiger partial charge in [0.15, 0.2) is 17.5 Å². The van der Waals surface area contributed by atoms with Crippen molar-refractivity contribution in [1.29, 1.82) is 0 Å². The van der Waals surface area contributed by atoms with Crippen molar-refractivity contribution in [2.75, 3.05) is 5.32 Å². The van der Waals surface area contributed by atoms with E-state index in [4.69, 9.17) is 0 Å². The minimum absolute atomic E-state index is 0.102. The topological polar surface area (TPSA) is 83.5 Å². The number of carbonyl (C=O) groups is 3. The number of anilines is 1. The largest absolute Gasteiger partial charge is 0.508 e. The lowest BCUT2D eigenvalue weighted by Gasteiger charge is -2.12. The number of phenols is 1. The van der Waals surface area contributed by atoms with E-state index in [9.17, 15) is 19.5 Å². The van der Waals surface area contributed by atoms with Crippen LogP contribution in [0, 0.1) is 12.8 Å². The highest BCUT2D eigenvalue weighted by atomic mass is 16.3. The summed E-state index contributed by atoms with van der Waals surface area (Å²) in [4.78, 5) is 38.6. The Kier molecular flexibility index (Phi) is 7.49. The summed E-state index contributed by atoms with van der Waals surface area (Å²) >= 11 is 0. The molecule has 0 aliphatic heterocycles. The van der Waals surface area contributed by atoms with E-state index in [1.807, 2.05) is 31.2 Å². The van der Waals surface area contributed by atoms with E-state index in [2.05, 4.69) is 5.32 Å². The first-order valence-corrected chi connectivity index (χ1v) is 10.1. The van der Waals surface area contributed by atoms with Gasteiger partial charge in [-0.3, -0.25) is 14.4 Å². The zero-order valence-corrected chi connectivity index (χ0v) is 17.6. The number of hydrogen-bond acceptors (Lipinski definition) is 4. The molecule has 2 N–H and O–H groups in total. The Morgan fingerprint density at radius 1 is 0.750 bits per heavy atom. The molecule has 0 radical (unpaired) electrons. The summed E-state index contributed by atoms with van der Waals surface area (Å²) in [7, 11) is 0. The number of aromatic hydroxyl groups is 1. The monoisotopic (exact) mass is 425 g/mol. The highest BCUT2D eigenvalue weighted by Crippen LogP contribution is 2.15. The summed E-state index contributed by atoms with van der Waals surface area (Å²) in [6, 6.07) is 22.4. The van der Waals surface area contributed by atoms with E-state index in [1.54, 1.807) is 48.5 Å². The third-order valence-corrected chi connectivity index (χ3v) is 4.72. The Morgan fingerprint density at radius 2 is 1.25 bits per heavy atom. The summed E-state index contributed by atoms with van der Waals surface area (Å²) in [6.07, 6.45) is 5.55. The lowest BCUT2D eigenvalue weighted by atomic mass is 9.95. The summed E-state index contributed by atoms with van der Waals surface area (Å²) in [5.41, 5.74) is 3.02. The van der Waals surface area contributed by atoms with E-state index in [-0.39, 0.29) is 5.75 Å². The number of aryl methyl sites for hydroxylation is 1. The Labute approximate surface area is 186 Å². The maximum absolute atomic E-state index is 12.9. The van der Waals surface area contributed by atoms with Crippen LogP contribution in [-0.2, 0) is 14.4 Å². The second-order valence-corrected chi connectivity index (χ2v) is 7.26. The first kappa shape index (κ1) is 22.4. The standard InChI is InChI=1S/C27H23NO4/c1-19-7-9-20(10-8-19)13-17-24(30)26(27(32)28-22-5-3-2-4-6-22)25(31)18-14-21-11-15-23(29)16-12-21/h2-18,26,29H,1H3,(H,28,32)/b17-13+,18-14+. The molecule has 160 valence electrons. The molecule has 0 fully saturated rings. The fourth-order valence-electron chi connectivity index (χ4n) is 2.95. The van der Waals surface area contributed by atoms with Crippen LogP contribution in [0.1, 0.15) is 16.7 Å². The van der Waals surface area contributed by atoms with Gasteiger partial charge in [0.25, 0.3) is 0 Å². The number of allylic oxidation sites excluding steroid dienone is 2. The van der Waals surface area contributed by atoms with Crippen LogP contribution in [-0.4, -0.2) is 22.6 Å². The van der Waals surface area contributed by atoms with Crippen LogP contribution in [0.5, 0.6) is 5.75 Å². The minimum Gasteiger partial charge on any atom is -0.508 e. The minimum atomic E-state index is -1.52. The Morgan fingerprint density at radius 3 is 1.78 bits per heavy atom. The van der Waals surface area contributed by atoms with Crippen molar-refractivity contribution in [2.45, 2.75) is 6.92 Å². The number of amides is 1. The molecule has 0 saturated heterocycles. The molecule has 3 aromatic carbocycles. The van der Waals surface area contributed by atoms with E-state index in [0.717, 1.165) is 11.1 Å². The lowest BCUT2D eigenvalue weighted by molar-refractivity contribution is -0.134. The number of phenolic OH excluding ortho intramolecular Hbond substituents is 1. The van der Waals surface area contributed by atoms with Crippen molar-refractivity contribution in [3.63, 3.8) is 0 Å². The smallest absolute Gasteiger partial charge is 0.243 e. The van der Waals surface area contributed by atoms with Crippen molar-refractivity contribution < 1.29 is 19.5 Å². The van der Waals surface area contributed by atoms with Crippen LogP contribution < -0.4 is 5.32 Å². The summed E-state index contributed by atoms with van der Waals surface area (Å²) in [6.45, 7) is 1.96. The molecular formula is C27H23NO4. The van der Waals surface area contributed by atoms with E-state index < -0.39 is 23.4 Å². The van der Waals surface area contributed by atoms with Crippen molar-refractivity contribution in [3.8, 4) is 5.75 Å². The van der Waals surface area contributed by atoms with Crippen molar-refractivity contribution >= 4 is 35.3 Å². The SMILES string of the molecule is Cc1ccc(/C=C/C(=O)C(C(=O)/C=C/c2ccc(O)cc2)C(=O)Nc2ccccc2)cc1. The van der Waals surface area contributed by atoms with Gasteiger partial charge in [-0.05, 0) is 54.5 Å². The number of ketones is 2. The zero-order valence-electron chi connectivity index (χ0n) is 17.6. The second kappa shape index (κ2) is 10.7. The van der Waals surface area contributed by atoms with Crippen LogP contribution in [0.15, 0.2) is 91.0 Å². The number of hydrogen-bond donors (Lipinski definition) is 2. The average molecular weight is 425 g/mol. The predicted molar refractivity (Wildman–Crippen MR) is 126 cm³/mol. The molecule has 0 bridgehead atoms. The zero-order chi connectivity index (χ0) is 22.9. The van der Waals surface area contributed by atoms with Crippen LogP contribution in [0.2, 0.25) is 0 Å². The lowest BCUT2D eigenvalue weighted by Crippen LogP contribution is -2.34. The van der Waals surface area contributed by atoms with Crippen molar-refractivity contribution in [2.24, 2.45) is 5.92 Å². The highest BCUT2D eigenvalue weighted by molar-refractivity contribution is 6.28. The molecule has 5 nitrogen and oxygen atoms in total. The molecular weight excluding hydrogens is 402 g/mol. The van der Waals surface area contributed by atoms with Crippen LogP contribution in [0.25, 0.3) is 12.2 Å². The molecule has 5 heteroatoms. The Hall–Kier alpha value is -4.25. The summed E-state index contributed by atoms with van der Waals surface area (Å²) < 4.78 is 0. The van der Waals surface area contributed by atoms with Crippen molar-refractivity contribution in [1.82, 2.24) is 0 Å². The molecule has 32 heavy (non-hydrogen) atoms. The second-order valence-electron chi connectivity index (χ2n) is 7.26. The quantitative estimate of drug-likeness (QED) is 0.400. The fraction of sp³-hybridized carbons (Fsp3) is 0.0741. The number of nitrogens with one attached hydrogen (secondary N) is 1. The molecule has 0 spiro atoms. The van der Waals surface area contributed by atoms with E-state index in [1.165, 1.54) is 30.4 Å². The van der Waals surface area contributed by atoms with Gasteiger partial charge in [0.05, 0.1) is 0 Å². The molecule has 0 aliphatic rings. The normalized spacial score (nSPS) is 12.0. The first-order chi connectivity index (χ1) is 15.4. The molecule has 3 aromatic rings. The number of rotatable bonds is 8. The van der Waals surface area contributed by atoms with Gasteiger partial charge in [0, 0.05) is 5.69 Å². The van der Waals surface area contributed by atoms with Crippen LogP contribution >= 0.6 is 0 Å². The predicted octanol–water partition coefficient (Wildman–Crippen LogP) is 4.82. The number of carbonyl (C=O) groups excluding carboxylic acids is 3. The molecule has 0 saturated carbocycles. The Bertz CT molecular complexity index is 1080. The molecule has 1 unspecified atom stereocenters. The van der Waals surface area contributed by atoms with Gasteiger partial charge in [0.1, 0.15) is 5.75 Å². The van der Waals surface area contributed by atoms with Gasteiger partial charge in [-0.25, -0.2) is 0 Å². The van der Waals surface area contributed by atoms with Crippen LogP contribution in [0.3, 0.4) is 0 Å². The summed E-state index contributed by atoms with van der Waals surface area (Å²) in [5, 5.41) is 12.0. The highest BCUT2D eigenvalue weighted by Gasteiger charge is 2.30. The summed E-state index contributed by atoms with van der Waals surface area (Å²) in [5.74, 6) is -3.37. The third kappa shape index (κ3) is 6.37. The van der Waals surface area contributed by atoms with Gasteiger partial charge in [0.2, 0.25) is 5.91 Å². The maximum atomic E-state index is 12.9. The molecule has 1 amide bonds. The van der Waals surface area contributed by atoms with Gasteiger partial charge in [-0.2, -0.15) is 0 Å². The first-order valence-electron chi connectivity index (χ1n) is 10.1. The average Bonchev–Trinajstić information content (AvgIpc) is 2.79. The van der Waals surface area contributed by atoms with E-state index in [0.29, 0.717) is 11.3 Å². The molecule has 1 atom stereocenters. The van der Waals surface area contributed by atoms with E-state index >= 15 is 0 Å². The maximum Gasteiger partial charge on any atom is 0.243 e. The molecule has 0 heterocycles. The number of benzene rings is 3. The molecule has 0 aromatic heterocycles. The van der Waals surface area contributed by atoms with Gasteiger partial charge in [-0.15, -0.1) is 0 Å². The van der Waals surface area contributed by atoms with Gasteiger partial charge < -0.3 is 10.4 Å². The van der Waals surface area contributed by atoms with Crippen molar-refractivity contribution in [3.05, 3.63) is 108 Å². The molecule has 0 aliphatic carbocycles. The molecule has 3 rings (SSSR count). The fourth-order valence-corrected chi connectivity index (χ4v) is 2.95. The Balaban J connectivity index is 1.82. The number of para-hydroxylation sites is 1. The third-order valence-electron chi connectivity index (χ3n) is 4.72. The van der Waals surface area contributed by atoms with Gasteiger partial charge >= 0.3 is 0 Å². The van der Waals surface area contributed by atoms with Gasteiger partial charge in [-0.1, -0.05) is 72.3 Å². The van der Waals surface area contributed by atoms with Crippen LogP contribution in [0.4, 0.5) is 5.69 Å².